The summed E-state index contributed by atoms with van der Waals surface area (Å²) in [5.41, 5.74) is 0.882. The van der Waals surface area contributed by atoms with E-state index in [2.05, 4.69) is 26.0 Å². The minimum absolute atomic E-state index is 0.0452. The van der Waals surface area contributed by atoms with E-state index >= 15 is 0 Å². The molecule has 0 aliphatic carbocycles. The molecule has 1 amide bonds. The first kappa shape index (κ1) is 29.0. The molecule has 4 rings (SSSR count). The molecule has 10 nitrogen and oxygen atoms in total. The zero-order valence-corrected chi connectivity index (χ0v) is 25.0. The number of amides is 1. The minimum atomic E-state index is -3.70. The van der Waals surface area contributed by atoms with Crippen LogP contribution < -0.4 is 5.01 Å². The SMILES string of the molecule is CCCN(CCC)S(=O)(=O)c1ccc(C(=O)N(/N=C/c2ccc([N+](=O)[O-])s2)c2nc3ccc(Br)cc3s2)cc1. The van der Waals surface area contributed by atoms with Crippen LogP contribution >= 0.6 is 38.6 Å². The van der Waals surface area contributed by atoms with Gasteiger partial charge in [0.1, 0.15) is 0 Å². The summed E-state index contributed by atoms with van der Waals surface area (Å²) in [6, 6.07) is 14.2. The second-order valence-corrected chi connectivity index (χ2v) is 13.3. The van der Waals surface area contributed by atoms with Crippen LogP contribution in [-0.2, 0) is 10.0 Å². The molecule has 0 aliphatic heterocycles. The number of hydrogen-bond donors (Lipinski definition) is 0. The Balaban J connectivity index is 1.69. The van der Waals surface area contributed by atoms with E-state index in [1.54, 1.807) is 6.07 Å². The molecule has 0 unspecified atom stereocenters. The molecule has 0 atom stereocenters. The van der Waals surface area contributed by atoms with Crippen LogP contribution in [-0.4, -0.2) is 47.8 Å². The zero-order chi connectivity index (χ0) is 28.2. The number of thiophene rings is 1. The fourth-order valence-electron chi connectivity index (χ4n) is 3.68. The predicted molar refractivity (Wildman–Crippen MR) is 158 cm³/mol. The van der Waals surface area contributed by atoms with Crippen molar-refractivity contribution < 1.29 is 18.1 Å². The van der Waals surface area contributed by atoms with Gasteiger partial charge in [-0.2, -0.15) is 14.4 Å². The number of benzene rings is 2. The van der Waals surface area contributed by atoms with Gasteiger partial charge in [-0.1, -0.05) is 52.5 Å². The first-order valence-electron chi connectivity index (χ1n) is 11.9. The van der Waals surface area contributed by atoms with Gasteiger partial charge in [0.05, 0.1) is 31.1 Å². The Bertz CT molecular complexity index is 1630. The molecule has 0 fully saturated rings. The van der Waals surface area contributed by atoms with Crippen LogP contribution in [0.3, 0.4) is 0 Å². The third-order valence-corrected chi connectivity index (χ3v) is 9.86. The van der Waals surface area contributed by atoms with Crippen LogP contribution in [0.1, 0.15) is 41.9 Å². The highest BCUT2D eigenvalue weighted by Crippen LogP contribution is 2.32. The van der Waals surface area contributed by atoms with Gasteiger partial charge >= 0.3 is 5.00 Å². The van der Waals surface area contributed by atoms with Crippen LogP contribution in [0.5, 0.6) is 0 Å². The Morgan fingerprint density at radius 1 is 1.08 bits per heavy atom. The standard InChI is InChI=1S/C25H24BrN5O5S3/c1-3-13-29(14-4-2)39(35,36)20-9-5-17(6-10-20)24(32)30(27-16-19-8-12-23(37-19)31(33)34)25-28-21-11-7-18(26)15-22(21)38-25/h5-12,15-16H,3-4,13-14H2,1-2H3/b27-16+. The van der Waals surface area contributed by atoms with Crippen molar-refractivity contribution in [1.82, 2.24) is 9.29 Å². The van der Waals surface area contributed by atoms with Crippen LogP contribution in [0.4, 0.5) is 10.1 Å². The van der Waals surface area contributed by atoms with Gasteiger partial charge in [0, 0.05) is 29.2 Å². The van der Waals surface area contributed by atoms with E-state index in [-0.39, 0.29) is 15.5 Å². The van der Waals surface area contributed by atoms with Crippen molar-refractivity contribution in [3.05, 3.63) is 79.6 Å². The Kier molecular flexibility index (Phi) is 9.23. The van der Waals surface area contributed by atoms with Crippen LogP contribution in [0.2, 0.25) is 0 Å². The van der Waals surface area contributed by atoms with E-state index in [4.69, 9.17) is 0 Å². The van der Waals surface area contributed by atoms with E-state index in [1.807, 2.05) is 32.0 Å². The smallest absolute Gasteiger partial charge is 0.267 e. The van der Waals surface area contributed by atoms with Gasteiger partial charge in [-0.3, -0.25) is 14.9 Å². The molecule has 4 aromatic rings. The van der Waals surface area contributed by atoms with Crippen molar-refractivity contribution in [2.24, 2.45) is 5.10 Å². The normalized spacial score (nSPS) is 12.0. The molecular formula is C25H24BrN5O5S3. The maximum absolute atomic E-state index is 13.6. The number of fused-ring (bicyclic) bond motifs is 1. The van der Waals surface area contributed by atoms with Crippen molar-refractivity contribution in [3.8, 4) is 0 Å². The van der Waals surface area contributed by atoms with Crippen molar-refractivity contribution >= 4 is 81.1 Å². The zero-order valence-electron chi connectivity index (χ0n) is 21.0. The Hall–Kier alpha value is -3.04. The molecule has 2 aromatic carbocycles. The minimum Gasteiger partial charge on any atom is -0.267 e. The molecule has 0 spiro atoms. The molecule has 0 N–H and O–H groups in total. The average molecular weight is 651 g/mol. The van der Waals surface area contributed by atoms with Crippen molar-refractivity contribution in [1.29, 1.82) is 0 Å². The number of sulfonamides is 1. The lowest BCUT2D eigenvalue weighted by Gasteiger charge is -2.21. The van der Waals surface area contributed by atoms with Crippen molar-refractivity contribution in [2.75, 3.05) is 18.1 Å². The molecule has 0 radical (unpaired) electrons. The first-order valence-corrected chi connectivity index (χ1v) is 15.8. The number of carbonyl (C=O) groups is 1. The van der Waals surface area contributed by atoms with E-state index in [0.29, 0.717) is 41.5 Å². The van der Waals surface area contributed by atoms with Crippen LogP contribution in [0.25, 0.3) is 10.2 Å². The summed E-state index contributed by atoms with van der Waals surface area (Å²) in [5, 5.41) is 16.8. The first-order chi connectivity index (χ1) is 18.6. The molecular weight excluding hydrogens is 626 g/mol. The lowest BCUT2D eigenvalue weighted by atomic mass is 10.2. The summed E-state index contributed by atoms with van der Waals surface area (Å²) in [4.78, 5) is 29.3. The summed E-state index contributed by atoms with van der Waals surface area (Å²) in [6.07, 6.45) is 2.74. The Labute approximate surface area is 241 Å². The molecule has 39 heavy (non-hydrogen) atoms. The Morgan fingerprint density at radius 2 is 1.77 bits per heavy atom. The molecule has 0 aliphatic rings. The van der Waals surface area contributed by atoms with Gasteiger partial charge in [0.15, 0.2) is 0 Å². The number of carbonyl (C=O) groups excluding carboxylic acids is 1. The van der Waals surface area contributed by atoms with Crippen LogP contribution in [0, 0.1) is 10.1 Å². The average Bonchev–Trinajstić information content (AvgIpc) is 3.56. The fraction of sp³-hybridized carbons (Fsp3) is 0.240. The predicted octanol–water partition coefficient (Wildman–Crippen LogP) is 6.52. The summed E-state index contributed by atoms with van der Waals surface area (Å²) in [7, 11) is -3.70. The van der Waals surface area contributed by atoms with Gasteiger partial charge in [0.25, 0.3) is 5.91 Å². The number of hydrogen-bond acceptors (Lipinski definition) is 9. The fourth-order valence-corrected chi connectivity index (χ4v) is 7.47. The number of nitro groups is 1. The highest BCUT2D eigenvalue weighted by molar-refractivity contribution is 9.10. The third-order valence-electron chi connectivity index (χ3n) is 5.49. The summed E-state index contributed by atoms with van der Waals surface area (Å²) in [6.45, 7) is 4.66. The highest BCUT2D eigenvalue weighted by atomic mass is 79.9. The number of anilines is 1. The highest BCUT2D eigenvalue weighted by Gasteiger charge is 2.25. The number of thiazole rings is 1. The second kappa shape index (κ2) is 12.4. The largest absolute Gasteiger partial charge is 0.324 e. The summed E-state index contributed by atoms with van der Waals surface area (Å²) < 4.78 is 29.4. The summed E-state index contributed by atoms with van der Waals surface area (Å²) >= 11 is 5.61. The van der Waals surface area contributed by atoms with Gasteiger partial charge in [-0.25, -0.2) is 13.4 Å². The number of aromatic nitrogens is 1. The Morgan fingerprint density at radius 3 is 2.38 bits per heavy atom. The molecule has 0 saturated carbocycles. The van der Waals surface area contributed by atoms with Gasteiger partial charge in [-0.05, 0) is 61.4 Å². The lowest BCUT2D eigenvalue weighted by Crippen LogP contribution is -2.32. The molecule has 14 heteroatoms. The topological polar surface area (TPSA) is 126 Å². The van der Waals surface area contributed by atoms with Crippen molar-refractivity contribution in [3.63, 3.8) is 0 Å². The van der Waals surface area contributed by atoms with Gasteiger partial charge in [-0.15, -0.1) is 0 Å². The molecule has 2 aromatic heterocycles. The molecule has 0 bridgehead atoms. The molecule has 204 valence electrons. The maximum atomic E-state index is 13.6. The summed E-state index contributed by atoms with van der Waals surface area (Å²) in [5.74, 6) is -0.529. The van der Waals surface area contributed by atoms with Crippen molar-refractivity contribution in [2.45, 2.75) is 31.6 Å². The number of hydrazone groups is 1. The number of halogens is 1. The molecule has 2 heterocycles. The third kappa shape index (κ3) is 6.58. The second-order valence-electron chi connectivity index (χ2n) is 8.33. The van der Waals surface area contributed by atoms with E-state index in [0.717, 1.165) is 25.5 Å². The molecule has 0 saturated heterocycles. The number of nitrogens with zero attached hydrogens (tertiary/aromatic N) is 5. The van der Waals surface area contributed by atoms with E-state index in [1.165, 1.54) is 52.2 Å². The maximum Gasteiger partial charge on any atom is 0.324 e. The lowest BCUT2D eigenvalue weighted by molar-refractivity contribution is -0.380. The monoisotopic (exact) mass is 649 g/mol. The van der Waals surface area contributed by atoms with E-state index in [9.17, 15) is 23.3 Å². The van der Waals surface area contributed by atoms with Crippen LogP contribution in [0.15, 0.2) is 69.1 Å². The van der Waals surface area contributed by atoms with Gasteiger partial charge < -0.3 is 0 Å². The van der Waals surface area contributed by atoms with E-state index < -0.39 is 20.9 Å². The van der Waals surface area contributed by atoms with Gasteiger partial charge in [0.2, 0.25) is 15.2 Å². The number of rotatable bonds is 11. The quantitative estimate of drug-likeness (QED) is 0.103.